The molecule has 1 aromatic carbocycles. The lowest BCUT2D eigenvalue weighted by atomic mass is 9.88. The van der Waals surface area contributed by atoms with Crippen LogP contribution in [0.15, 0.2) is 18.7 Å². The number of halogens is 4. The highest BCUT2D eigenvalue weighted by Crippen LogP contribution is 2.37. The minimum atomic E-state index is -2.81. The van der Waals surface area contributed by atoms with E-state index in [1.165, 1.54) is 0 Å². The van der Waals surface area contributed by atoms with Crippen LogP contribution < -0.4 is 5.32 Å². The predicted octanol–water partition coefficient (Wildman–Crippen LogP) is 3.14. The number of benzene rings is 1. The van der Waals surface area contributed by atoms with Gasteiger partial charge in [-0.2, -0.15) is 0 Å². The predicted molar refractivity (Wildman–Crippen MR) is 61.9 cm³/mol. The molecule has 1 aromatic rings. The smallest absolute Gasteiger partial charge is 0.257 e. The fourth-order valence-corrected chi connectivity index (χ4v) is 1.96. The maximum atomic E-state index is 13.8. The Hall–Kier alpha value is -1.85. The monoisotopic (exact) mass is 273 g/mol. The van der Waals surface area contributed by atoms with Crippen molar-refractivity contribution in [1.29, 1.82) is 0 Å². The van der Waals surface area contributed by atoms with Crippen molar-refractivity contribution >= 4 is 12.0 Å². The van der Waals surface area contributed by atoms with Gasteiger partial charge in [-0.15, -0.1) is 0 Å². The average Bonchev–Trinajstić information content (AvgIpc) is 2.26. The first kappa shape index (κ1) is 13.6. The summed E-state index contributed by atoms with van der Waals surface area (Å²) >= 11 is 0. The van der Waals surface area contributed by atoms with E-state index in [-0.39, 0.29) is 5.56 Å². The summed E-state index contributed by atoms with van der Waals surface area (Å²) in [7, 11) is 0. The molecule has 2 rings (SSSR count). The van der Waals surface area contributed by atoms with E-state index in [9.17, 15) is 22.4 Å². The van der Waals surface area contributed by atoms with Gasteiger partial charge in [0.25, 0.3) is 11.8 Å². The van der Waals surface area contributed by atoms with Crippen LogP contribution in [-0.4, -0.2) is 17.9 Å². The van der Waals surface area contributed by atoms with Crippen LogP contribution in [0, 0.1) is 11.6 Å². The fraction of sp³-hybridized carbons (Fsp3) is 0.308. The summed E-state index contributed by atoms with van der Waals surface area (Å²) in [5.41, 5.74) is -0.793. The summed E-state index contributed by atoms with van der Waals surface area (Å²) in [6.45, 7) is 3.34. The second-order valence-electron chi connectivity index (χ2n) is 4.46. The van der Waals surface area contributed by atoms with Crippen LogP contribution >= 0.6 is 0 Å². The van der Waals surface area contributed by atoms with Crippen LogP contribution in [0.4, 0.5) is 17.6 Å². The lowest BCUT2D eigenvalue weighted by Crippen LogP contribution is -2.50. The van der Waals surface area contributed by atoms with Gasteiger partial charge in [0.15, 0.2) is 0 Å². The summed E-state index contributed by atoms with van der Waals surface area (Å²) in [5, 5.41) is 2.19. The van der Waals surface area contributed by atoms with Gasteiger partial charge in [0.1, 0.15) is 17.2 Å². The summed E-state index contributed by atoms with van der Waals surface area (Å²) < 4.78 is 52.5. The number of carbonyl (C=O) groups is 1. The molecule has 1 N–H and O–H groups in total. The molecule has 0 spiro atoms. The Morgan fingerprint density at radius 3 is 2.53 bits per heavy atom. The molecule has 0 unspecified atom stereocenters. The maximum absolute atomic E-state index is 13.8. The van der Waals surface area contributed by atoms with Gasteiger partial charge >= 0.3 is 0 Å². The third-order valence-electron chi connectivity index (χ3n) is 2.99. The number of carbonyl (C=O) groups excluding carboxylic acids is 1. The van der Waals surface area contributed by atoms with Gasteiger partial charge in [-0.3, -0.25) is 4.79 Å². The Labute approximate surface area is 107 Å². The molecule has 0 radical (unpaired) electrons. The van der Waals surface area contributed by atoms with Gasteiger partial charge in [-0.05, 0) is 12.1 Å². The Balaban J connectivity index is 2.18. The topological polar surface area (TPSA) is 29.1 Å². The normalized spacial score (nSPS) is 17.7. The quantitative estimate of drug-likeness (QED) is 0.842. The van der Waals surface area contributed by atoms with E-state index in [0.717, 1.165) is 18.2 Å². The van der Waals surface area contributed by atoms with E-state index in [4.69, 9.17) is 0 Å². The zero-order valence-corrected chi connectivity index (χ0v) is 9.85. The van der Waals surface area contributed by atoms with Crippen molar-refractivity contribution < 1.29 is 22.4 Å². The average molecular weight is 273 g/mol. The lowest BCUT2D eigenvalue weighted by molar-refractivity contribution is -0.0901. The van der Waals surface area contributed by atoms with Crippen molar-refractivity contribution in [3.8, 4) is 0 Å². The van der Waals surface area contributed by atoms with Crippen LogP contribution in [0.5, 0.6) is 0 Å². The van der Waals surface area contributed by atoms with E-state index < -0.39 is 47.9 Å². The Morgan fingerprint density at radius 2 is 2.00 bits per heavy atom. The first-order valence-electron chi connectivity index (χ1n) is 5.63. The van der Waals surface area contributed by atoms with Crippen molar-refractivity contribution in [2.24, 2.45) is 0 Å². The van der Waals surface area contributed by atoms with Gasteiger partial charge in [-0.1, -0.05) is 12.7 Å². The van der Waals surface area contributed by atoms with Crippen LogP contribution in [0.3, 0.4) is 0 Å². The minimum Gasteiger partial charge on any atom is -0.349 e. The largest absolute Gasteiger partial charge is 0.349 e. The molecule has 1 aliphatic carbocycles. The minimum absolute atomic E-state index is 0.0227. The number of amides is 1. The summed E-state index contributed by atoms with van der Waals surface area (Å²) in [5.74, 6) is -5.91. The van der Waals surface area contributed by atoms with Crippen molar-refractivity contribution in [3.05, 3.63) is 41.5 Å². The molecule has 0 heterocycles. The highest BCUT2D eigenvalue weighted by atomic mass is 19.3. The molecule has 0 aliphatic heterocycles. The maximum Gasteiger partial charge on any atom is 0.257 e. The highest BCUT2D eigenvalue weighted by molar-refractivity contribution is 5.95. The summed E-state index contributed by atoms with van der Waals surface area (Å²) in [4.78, 5) is 11.7. The Morgan fingerprint density at radius 1 is 1.37 bits per heavy atom. The fourth-order valence-electron chi connectivity index (χ4n) is 1.96. The van der Waals surface area contributed by atoms with Gasteiger partial charge in [0, 0.05) is 24.4 Å². The zero-order chi connectivity index (χ0) is 14.2. The van der Waals surface area contributed by atoms with Gasteiger partial charge < -0.3 is 5.32 Å². The summed E-state index contributed by atoms with van der Waals surface area (Å²) in [6, 6.07) is 1.32. The molecular formula is C13H11F4NO. The first-order valence-corrected chi connectivity index (χ1v) is 5.63. The SMILES string of the molecule is C=Cc1ccc(F)c(C(=O)NC2CC(F)(F)C2)c1F. The van der Waals surface area contributed by atoms with Crippen LogP contribution in [-0.2, 0) is 0 Å². The van der Waals surface area contributed by atoms with Gasteiger partial charge in [0.2, 0.25) is 0 Å². The molecule has 1 aliphatic rings. The van der Waals surface area contributed by atoms with Crippen LogP contribution in [0.25, 0.3) is 6.08 Å². The number of rotatable bonds is 3. The number of hydrogen-bond acceptors (Lipinski definition) is 1. The molecule has 102 valence electrons. The molecule has 1 saturated carbocycles. The number of alkyl halides is 2. The number of hydrogen-bond donors (Lipinski definition) is 1. The zero-order valence-electron chi connectivity index (χ0n) is 9.85. The van der Waals surface area contributed by atoms with Crippen LogP contribution in [0.2, 0.25) is 0 Å². The first-order chi connectivity index (χ1) is 8.84. The standard InChI is InChI=1S/C13H11F4NO/c1-2-7-3-4-9(14)10(11(7)15)12(19)18-8-5-13(16,17)6-8/h2-4,8H,1,5-6H2,(H,18,19). The molecule has 1 amide bonds. The van der Waals surface area contributed by atoms with Gasteiger partial charge in [0.05, 0.1) is 0 Å². The van der Waals surface area contributed by atoms with Crippen molar-refractivity contribution in [1.82, 2.24) is 5.32 Å². The molecular weight excluding hydrogens is 262 g/mol. The van der Waals surface area contributed by atoms with E-state index in [1.54, 1.807) is 0 Å². The van der Waals surface area contributed by atoms with Gasteiger partial charge in [-0.25, -0.2) is 17.6 Å². The van der Waals surface area contributed by atoms with Crippen molar-refractivity contribution in [2.75, 3.05) is 0 Å². The van der Waals surface area contributed by atoms with Crippen molar-refractivity contribution in [3.63, 3.8) is 0 Å². The molecule has 6 heteroatoms. The lowest BCUT2D eigenvalue weighted by Gasteiger charge is -2.35. The van der Waals surface area contributed by atoms with Crippen molar-refractivity contribution in [2.45, 2.75) is 24.8 Å². The van der Waals surface area contributed by atoms with E-state index >= 15 is 0 Å². The van der Waals surface area contributed by atoms with E-state index in [2.05, 4.69) is 11.9 Å². The highest BCUT2D eigenvalue weighted by Gasteiger charge is 2.46. The molecule has 19 heavy (non-hydrogen) atoms. The summed E-state index contributed by atoms with van der Waals surface area (Å²) in [6.07, 6.45) is 0.120. The van der Waals surface area contributed by atoms with E-state index in [0.29, 0.717) is 0 Å². The van der Waals surface area contributed by atoms with Crippen LogP contribution in [0.1, 0.15) is 28.8 Å². The molecule has 0 saturated heterocycles. The molecule has 0 bridgehead atoms. The molecule has 1 fully saturated rings. The second-order valence-corrected chi connectivity index (χ2v) is 4.46. The molecule has 2 nitrogen and oxygen atoms in total. The third-order valence-corrected chi connectivity index (χ3v) is 2.99. The van der Waals surface area contributed by atoms with E-state index in [1.807, 2.05) is 0 Å². The third kappa shape index (κ3) is 2.62. The molecule has 0 atom stereocenters. The second kappa shape index (κ2) is 4.68. The number of nitrogens with one attached hydrogen (secondary N) is 1. The molecule has 0 aromatic heterocycles. The Bertz CT molecular complexity index is 534. The Kier molecular flexibility index (Phi) is 3.34.